The summed E-state index contributed by atoms with van der Waals surface area (Å²) in [6.45, 7) is 0. The monoisotopic (exact) mass is 293 g/mol. The lowest BCUT2D eigenvalue weighted by molar-refractivity contribution is -0.117. The van der Waals surface area contributed by atoms with Crippen molar-refractivity contribution in [3.8, 4) is 0 Å². The van der Waals surface area contributed by atoms with Gasteiger partial charge < -0.3 is 5.73 Å². The van der Waals surface area contributed by atoms with Crippen LogP contribution in [-0.2, 0) is 17.6 Å². The molecule has 0 aliphatic rings. The molecule has 2 aromatic carbocycles. The van der Waals surface area contributed by atoms with Gasteiger partial charge in [0.2, 0.25) is 0 Å². The van der Waals surface area contributed by atoms with Crippen LogP contribution in [0.15, 0.2) is 42.5 Å². The van der Waals surface area contributed by atoms with E-state index in [9.17, 15) is 4.79 Å². The summed E-state index contributed by atoms with van der Waals surface area (Å²) in [4.78, 5) is 12.0. The maximum atomic E-state index is 12.0. The Bertz CT molecular complexity index is 594. The van der Waals surface area contributed by atoms with Gasteiger partial charge >= 0.3 is 0 Å². The average molecular weight is 294 g/mol. The smallest absolute Gasteiger partial charge is 0.141 e. The highest BCUT2D eigenvalue weighted by Crippen LogP contribution is 2.23. The molecule has 0 amide bonds. The Hall–Kier alpha value is -1.51. The topological polar surface area (TPSA) is 43.1 Å². The van der Waals surface area contributed by atoms with Gasteiger partial charge in [-0.1, -0.05) is 41.4 Å². The SMILES string of the molecule is Nc1ccc(CC(=O)Cc2ccc(Cl)c(Cl)c2)cc1. The van der Waals surface area contributed by atoms with E-state index in [1.807, 2.05) is 18.2 Å². The standard InChI is InChI=1S/C15H13Cl2NO/c16-14-6-3-11(9-15(14)17)8-13(19)7-10-1-4-12(18)5-2-10/h1-6,9H,7-8,18H2. The van der Waals surface area contributed by atoms with Gasteiger partial charge in [-0.15, -0.1) is 0 Å². The van der Waals surface area contributed by atoms with Gasteiger partial charge in [0.1, 0.15) is 5.78 Å². The summed E-state index contributed by atoms with van der Waals surface area (Å²) in [6, 6.07) is 12.6. The zero-order valence-corrected chi connectivity index (χ0v) is 11.7. The fourth-order valence-corrected chi connectivity index (χ4v) is 2.12. The Morgan fingerprint density at radius 2 is 1.47 bits per heavy atom. The third-order valence-corrected chi connectivity index (χ3v) is 3.51. The van der Waals surface area contributed by atoms with Gasteiger partial charge in [-0.25, -0.2) is 0 Å². The molecular formula is C15H13Cl2NO. The quantitative estimate of drug-likeness (QED) is 0.868. The Morgan fingerprint density at radius 1 is 0.895 bits per heavy atom. The van der Waals surface area contributed by atoms with Gasteiger partial charge in [0, 0.05) is 18.5 Å². The van der Waals surface area contributed by atoms with E-state index >= 15 is 0 Å². The van der Waals surface area contributed by atoms with E-state index in [1.165, 1.54) is 0 Å². The molecule has 0 aliphatic carbocycles. The molecule has 0 fully saturated rings. The molecule has 2 rings (SSSR count). The lowest BCUT2D eigenvalue weighted by Gasteiger charge is -2.04. The summed E-state index contributed by atoms with van der Waals surface area (Å²) in [5, 5.41) is 0.968. The lowest BCUT2D eigenvalue weighted by atomic mass is 10.0. The molecule has 0 aliphatic heterocycles. The molecule has 0 atom stereocenters. The number of benzene rings is 2. The van der Waals surface area contributed by atoms with Crippen LogP contribution in [-0.4, -0.2) is 5.78 Å². The zero-order valence-electron chi connectivity index (χ0n) is 10.2. The van der Waals surface area contributed by atoms with E-state index in [1.54, 1.807) is 24.3 Å². The maximum Gasteiger partial charge on any atom is 0.141 e. The van der Waals surface area contributed by atoms with E-state index in [2.05, 4.69) is 0 Å². The minimum Gasteiger partial charge on any atom is -0.399 e. The van der Waals surface area contributed by atoms with Crippen LogP contribution in [0, 0.1) is 0 Å². The number of hydrogen-bond acceptors (Lipinski definition) is 2. The third-order valence-electron chi connectivity index (χ3n) is 2.77. The molecular weight excluding hydrogens is 281 g/mol. The van der Waals surface area contributed by atoms with Crippen molar-refractivity contribution in [2.24, 2.45) is 0 Å². The van der Waals surface area contributed by atoms with Crippen molar-refractivity contribution in [3.05, 3.63) is 63.6 Å². The van der Waals surface area contributed by atoms with Gasteiger partial charge in [-0.3, -0.25) is 4.79 Å². The molecule has 2 N–H and O–H groups in total. The van der Waals surface area contributed by atoms with E-state index in [0.717, 1.165) is 11.1 Å². The summed E-state index contributed by atoms with van der Waals surface area (Å²) >= 11 is 11.8. The van der Waals surface area contributed by atoms with E-state index in [-0.39, 0.29) is 5.78 Å². The minimum absolute atomic E-state index is 0.128. The molecule has 0 radical (unpaired) electrons. The van der Waals surface area contributed by atoms with Crippen molar-refractivity contribution >= 4 is 34.7 Å². The predicted molar refractivity (Wildman–Crippen MR) is 79.7 cm³/mol. The molecule has 0 bridgehead atoms. The second-order valence-corrected chi connectivity index (χ2v) is 5.20. The predicted octanol–water partition coefficient (Wildman–Crippen LogP) is 3.93. The number of Topliss-reactive ketones (excluding diaryl/α,β-unsaturated/α-hetero) is 1. The fourth-order valence-electron chi connectivity index (χ4n) is 1.80. The highest BCUT2D eigenvalue weighted by molar-refractivity contribution is 6.42. The number of nitrogens with two attached hydrogens (primary N) is 1. The van der Waals surface area contributed by atoms with Crippen LogP contribution in [0.4, 0.5) is 5.69 Å². The van der Waals surface area contributed by atoms with E-state index < -0.39 is 0 Å². The summed E-state index contributed by atoms with van der Waals surface area (Å²) in [5.41, 5.74) is 8.12. The van der Waals surface area contributed by atoms with Crippen molar-refractivity contribution in [3.63, 3.8) is 0 Å². The molecule has 4 heteroatoms. The minimum atomic E-state index is 0.128. The lowest BCUT2D eigenvalue weighted by Crippen LogP contribution is -2.06. The van der Waals surface area contributed by atoms with Crippen LogP contribution in [0.5, 0.6) is 0 Å². The molecule has 0 saturated heterocycles. The van der Waals surface area contributed by atoms with Gasteiger partial charge in [0.15, 0.2) is 0 Å². The number of rotatable bonds is 4. The number of hydrogen-bond donors (Lipinski definition) is 1. The Labute approximate surface area is 122 Å². The summed E-state index contributed by atoms with van der Waals surface area (Å²) in [7, 11) is 0. The number of anilines is 1. The van der Waals surface area contributed by atoms with E-state index in [0.29, 0.717) is 28.6 Å². The first-order valence-corrected chi connectivity index (χ1v) is 6.60. The number of halogens is 2. The average Bonchev–Trinajstić information content (AvgIpc) is 2.37. The normalized spacial score (nSPS) is 10.4. The van der Waals surface area contributed by atoms with Crippen LogP contribution in [0.1, 0.15) is 11.1 Å². The van der Waals surface area contributed by atoms with Crippen molar-refractivity contribution in [1.82, 2.24) is 0 Å². The highest BCUT2D eigenvalue weighted by Gasteiger charge is 2.07. The molecule has 0 aromatic heterocycles. The maximum absolute atomic E-state index is 12.0. The highest BCUT2D eigenvalue weighted by atomic mass is 35.5. The van der Waals surface area contributed by atoms with Crippen molar-refractivity contribution < 1.29 is 4.79 Å². The van der Waals surface area contributed by atoms with Crippen LogP contribution in [0.2, 0.25) is 10.0 Å². The fraction of sp³-hybridized carbons (Fsp3) is 0.133. The molecule has 2 aromatic rings. The molecule has 0 unspecified atom stereocenters. The first-order valence-electron chi connectivity index (χ1n) is 5.84. The van der Waals surface area contributed by atoms with Crippen molar-refractivity contribution in [2.75, 3.05) is 5.73 Å². The van der Waals surface area contributed by atoms with Gasteiger partial charge in [0.05, 0.1) is 10.0 Å². The summed E-state index contributed by atoms with van der Waals surface area (Å²) in [5.74, 6) is 0.128. The summed E-state index contributed by atoms with van der Waals surface area (Å²) < 4.78 is 0. The number of carbonyl (C=O) groups excluding carboxylic acids is 1. The van der Waals surface area contributed by atoms with Crippen LogP contribution >= 0.6 is 23.2 Å². The molecule has 19 heavy (non-hydrogen) atoms. The number of ketones is 1. The van der Waals surface area contributed by atoms with Gasteiger partial charge in [0.25, 0.3) is 0 Å². The van der Waals surface area contributed by atoms with Crippen LogP contribution in [0.3, 0.4) is 0 Å². The first-order chi connectivity index (χ1) is 9.04. The molecule has 0 saturated carbocycles. The summed E-state index contributed by atoms with van der Waals surface area (Å²) in [6.07, 6.45) is 0.738. The third kappa shape index (κ3) is 3.98. The second-order valence-electron chi connectivity index (χ2n) is 4.38. The van der Waals surface area contributed by atoms with Crippen molar-refractivity contribution in [1.29, 1.82) is 0 Å². The van der Waals surface area contributed by atoms with Gasteiger partial charge in [-0.2, -0.15) is 0 Å². The van der Waals surface area contributed by atoms with Crippen LogP contribution < -0.4 is 5.73 Å². The Morgan fingerprint density at radius 3 is 2.11 bits per heavy atom. The largest absolute Gasteiger partial charge is 0.399 e. The number of carbonyl (C=O) groups is 1. The second kappa shape index (κ2) is 6.09. The van der Waals surface area contributed by atoms with Crippen molar-refractivity contribution in [2.45, 2.75) is 12.8 Å². The van der Waals surface area contributed by atoms with Gasteiger partial charge in [-0.05, 0) is 35.4 Å². The molecule has 2 nitrogen and oxygen atoms in total. The Balaban J connectivity index is 2.01. The first kappa shape index (κ1) is 13.9. The molecule has 0 spiro atoms. The zero-order chi connectivity index (χ0) is 13.8. The number of nitrogen functional groups attached to an aromatic ring is 1. The Kier molecular flexibility index (Phi) is 4.46. The van der Waals surface area contributed by atoms with E-state index in [4.69, 9.17) is 28.9 Å². The van der Waals surface area contributed by atoms with Crippen LogP contribution in [0.25, 0.3) is 0 Å². The molecule has 98 valence electrons. The molecule has 0 heterocycles.